The van der Waals surface area contributed by atoms with Crippen LogP contribution in [0.5, 0.6) is 0 Å². The summed E-state index contributed by atoms with van der Waals surface area (Å²) < 4.78 is 0. The first-order valence-corrected chi connectivity index (χ1v) is 5.03. The second kappa shape index (κ2) is 2.71. The van der Waals surface area contributed by atoms with Crippen LogP contribution in [0.3, 0.4) is 0 Å². The van der Waals surface area contributed by atoms with Crippen LogP contribution >= 0.6 is 0 Å². The quantitative estimate of drug-likeness (QED) is 0.617. The Hall–Kier alpha value is -0.0800. The van der Waals surface area contributed by atoms with Crippen molar-refractivity contribution < 1.29 is 0 Å². The average Bonchev–Trinajstić information content (AvgIpc) is 2.51. The van der Waals surface area contributed by atoms with Crippen LogP contribution in [0, 0.1) is 11.3 Å². The standard InChI is InChI=1S/C10H20N2/c1-4-12-6-9-5-10(9,8-12)7-11(2)3/h9H,4-8H2,1-3H3. The molecule has 0 spiro atoms. The van der Waals surface area contributed by atoms with E-state index in [1.807, 2.05) is 0 Å². The molecule has 0 aromatic carbocycles. The molecule has 12 heavy (non-hydrogen) atoms. The van der Waals surface area contributed by atoms with Gasteiger partial charge in [-0.15, -0.1) is 0 Å². The molecular formula is C10H20N2. The van der Waals surface area contributed by atoms with Crippen molar-refractivity contribution in [2.75, 3.05) is 40.3 Å². The van der Waals surface area contributed by atoms with Crippen molar-refractivity contribution in [2.24, 2.45) is 11.3 Å². The summed E-state index contributed by atoms with van der Waals surface area (Å²) in [6.07, 6.45) is 1.49. The maximum Gasteiger partial charge on any atom is 0.00535 e. The molecule has 0 aromatic heterocycles. The van der Waals surface area contributed by atoms with Crippen molar-refractivity contribution in [1.82, 2.24) is 9.80 Å². The highest BCUT2D eigenvalue weighted by molar-refractivity contribution is 5.11. The number of hydrogen-bond donors (Lipinski definition) is 0. The molecule has 0 radical (unpaired) electrons. The van der Waals surface area contributed by atoms with E-state index in [1.165, 1.54) is 32.6 Å². The van der Waals surface area contributed by atoms with E-state index < -0.39 is 0 Å². The van der Waals surface area contributed by atoms with Crippen LogP contribution in [0.1, 0.15) is 13.3 Å². The Balaban J connectivity index is 1.91. The summed E-state index contributed by atoms with van der Waals surface area (Å²) in [7, 11) is 4.39. The summed E-state index contributed by atoms with van der Waals surface area (Å²) in [5.41, 5.74) is 0.708. The second-order valence-corrected chi connectivity index (χ2v) is 4.83. The van der Waals surface area contributed by atoms with Crippen LogP contribution in [0.2, 0.25) is 0 Å². The maximum atomic E-state index is 2.59. The Morgan fingerprint density at radius 3 is 2.75 bits per heavy atom. The first-order valence-electron chi connectivity index (χ1n) is 5.03. The van der Waals surface area contributed by atoms with Crippen molar-refractivity contribution in [1.29, 1.82) is 0 Å². The lowest BCUT2D eigenvalue weighted by molar-refractivity contribution is 0.252. The Bertz CT molecular complexity index is 179. The topological polar surface area (TPSA) is 6.48 Å². The van der Waals surface area contributed by atoms with Crippen LogP contribution in [0.25, 0.3) is 0 Å². The molecule has 2 fully saturated rings. The van der Waals surface area contributed by atoms with Gasteiger partial charge in [0, 0.05) is 25.0 Å². The molecule has 0 N–H and O–H groups in total. The van der Waals surface area contributed by atoms with Crippen molar-refractivity contribution in [3.8, 4) is 0 Å². The molecule has 0 amide bonds. The Kier molecular flexibility index (Phi) is 1.92. The fourth-order valence-electron chi connectivity index (χ4n) is 2.82. The minimum Gasteiger partial charge on any atom is -0.309 e. The molecule has 2 aliphatic rings. The highest BCUT2D eigenvalue weighted by atomic mass is 15.2. The zero-order valence-corrected chi connectivity index (χ0v) is 8.51. The molecule has 2 unspecified atom stereocenters. The van der Waals surface area contributed by atoms with Gasteiger partial charge in [0.15, 0.2) is 0 Å². The average molecular weight is 168 g/mol. The number of hydrogen-bond acceptors (Lipinski definition) is 2. The molecule has 0 bridgehead atoms. The molecule has 2 heteroatoms. The molecule has 2 rings (SSSR count). The Morgan fingerprint density at radius 2 is 2.25 bits per heavy atom. The van der Waals surface area contributed by atoms with Crippen LogP contribution < -0.4 is 0 Å². The van der Waals surface area contributed by atoms with Gasteiger partial charge in [-0.05, 0) is 33.0 Å². The van der Waals surface area contributed by atoms with E-state index in [2.05, 4.69) is 30.8 Å². The molecule has 70 valence electrons. The first kappa shape index (κ1) is 8.52. The summed E-state index contributed by atoms with van der Waals surface area (Å²) in [6, 6.07) is 0. The Labute approximate surface area is 75.5 Å². The van der Waals surface area contributed by atoms with E-state index in [9.17, 15) is 0 Å². The largest absolute Gasteiger partial charge is 0.309 e. The van der Waals surface area contributed by atoms with Gasteiger partial charge in [-0.1, -0.05) is 6.92 Å². The zero-order valence-electron chi connectivity index (χ0n) is 8.51. The van der Waals surface area contributed by atoms with Gasteiger partial charge in [-0.25, -0.2) is 0 Å². The van der Waals surface area contributed by atoms with Crippen LogP contribution in [-0.2, 0) is 0 Å². The number of nitrogens with zero attached hydrogens (tertiary/aromatic N) is 2. The van der Waals surface area contributed by atoms with E-state index in [4.69, 9.17) is 0 Å². The van der Waals surface area contributed by atoms with Gasteiger partial charge >= 0.3 is 0 Å². The number of likely N-dealkylation sites (tertiary alicyclic amines) is 1. The van der Waals surface area contributed by atoms with Crippen molar-refractivity contribution in [3.63, 3.8) is 0 Å². The molecule has 0 aromatic rings. The van der Waals surface area contributed by atoms with Crippen LogP contribution in [0.4, 0.5) is 0 Å². The normalized spacial score (nSPS) is 40.5. The monoisotopic (exact) mass is 168 g/mol. The third-order valence-electron chi connectivity index (χ3n) is 3.45. The number of rotatable bonds is 3. The fourth-order valence-corrected chi connectivity index (χ4v) is 2.82. The Morgan fingerprint density at radius 1 is 1.50 bits per heavy atom. The van der Waals surface area contributed by atoms with Gasteiger partial charge < -0.3 is 9.80 Å². The van der Waals surface area contributed by atoms with Gasteiger partial charge in [0.2, 0.25) is 0 Å². The van der Waals surface area contributed by atoms with Crippen molar-refractivity contribution >= 4 is 0 Å². The smallest absolute Gasteiger partial charge is 0.00535 e. The maximum absolute atomic E-state index is 2.59. The summed E-state index contributed by atoms with van der Waals surface area (Å²) in [6.45, 7) is 7.53. The summed E-state index contributed by atoms with van der Waals surface area (Å²) in [5, 5.41) is 0. The van der Waals surface area contributed by atoms with E-state index in [0.29, 0.717) is 5.41 Å². The van der Waals surface area contributed by atoms with E-state index in [0.717, 1.165) is 5.92 Å². The molecule has 2 atom stereocenters. The van der Waals surface area contributed by atoms with Gasteiger partial charge in [-0.2, -0.15) is 0 Å². The van der Waals surface area contributed by atoms with Crippen molar-refractivity contribution in [3.05, 3.63) is 0 Å². The molecule has 1 saturated heterocycles. The van der Waals surface area contributed by atoms with Gasteiger partial charge in [-0.3, -0.25) is 0 Å². The highest BCUT2D eigenvalue weighted by Crippen LogP contribution is 2.57. The lowest BCUT2D eigenvalue weighted by Gasteiger charge is -2.21. The number of fused-ring (bicyclic) bond motifs is 1. The van der Waals surface area contributed by atoms with Gasteiger partial charge in [0.05, 0.1) is 0 Å². The summed E-state index contributed by atoms with van der Waals surface area (Å²) in [5.74, 6) is 1.03. The number of piperidine rings is 1. The predicted octanol–water partition coefficient (Wildman–Crippen LogP) is 0.890. The second-order valence-electron chi connectivity index (χ2n) is 4.83. The van der Waals surface area contributed by atoms with Gasteiger partial charge in [0.1, 0.15) is 0 Å². The first-order chi connectivity index (χ1) is 5.66. The summed E-state index contributed by atoms with van der Waals surface area (Å²) in [4.78, 5) is 4.94. The molecule has 1 aliphatic heterocycles. The third kappa shape index (κ3) is 1.27. The van der Waals surface area contributed by atoms with E-state index in [1.54, 1.807) is 0 Å². The lowest BCUT2D eigenvalue weighted by Crippen LogP contribution is -2.30. The zero-order chi connectivity index (χ0) is 8.77. The highest BCUT2D eigenvalue weighted by Gasteiger charge is 2.59. The predicted molar refractivity (Wildman–Crippen MR) is 51.2 cm³/mol. The molecule has 1 heterocycles. The SMILES string of the molecule is CCN1CC2CC2(CN(C)C)C1. The minimum atomic E-state index is 0.708. The van der Waals surface area contributed by atoms with Crippen LogP contribution in [0.15, 0.2) is 0 Å². The van der Waals surface area contributed by atoms with E-state index in [-0.39, 0.29) is 0 Å². The third-order valence-corrected chi connectivity index (χ3v) is 3.45. The fraction of sp³-hybridized carbons (Fsp3) is 1.00. The summed E-state index contributed by atoms with van der Waals surface area (Å²) >= 11 is 0. The molecular weight excluding hydrogens is 148 g/mol. The lowest BCUT2D eigenvalue weighted by atomic mass is 10.1. The van der Waals surface area contributed by atoms with E-state index >= 15 is 0 Å². The molecule has 1 aliphatic carbocycles. The molecule has 2 nitrogen and oxygen atoms in total. The van der Waals surface area contributed by atoms with Crippen LogP contribution in [-0.4, -0.2) is 50.1 Å². The minimum absolute atomic E-state index is 0.708. The molecule has 1 saturated carbocycles. The van der Waals surface area contributed by atoms with Gasteiger partial charge in [0.25, 0.3) is 0 Å². The van der Waals surface area contributed by atoms with Crippen molar-refractivity contribution in [2.45, 2.75) is 13.3 Å².